The van der Waals surface area contributed by atoms with Gasteiger partial charge in [0.1, 0.15) is 0 Å². The van der Waals surface area contributed by atoms with E-state index in [1.807, 2.05) is 0 Å². The summed E-state index contributed by atoms with van der Waals surface area (Å²) in [5.41, 5.74) is 1.33. The van der Waals surface area contributed by atoms with Gasteiger partial charge in [-0.3, -0.25) is 0 Å². The van der Waals surface area contributed by atoms with Crippen molar-refractivity contribution in [2.45, 2.75) is 116 Å². The van der Waals surface area contributed by atoms with Crippen molar-refractivity contribution in [3.8, 4) is 0 Å². The number of hydrogen-bond donors (Lipinski definition) is 1. The third-order valence-corrected chi connectivity index (χ3v) is 8.21. The molecule has 2 aliphatic heterocycles. The summed E-state index contributed by atoms with van der Waals surface area (Å²) in [5.74, 6) is 0. The molecule has 0 aromatic rings. The molecule has 1 spiro atoms. The first-order chi connectivity index (χ1) is 12.1. The zero-order valence-corrected chi connectivity index (χ0v) is 17.4. The van der Waals surface area contributed by atoms with Gasteiger partial charge in [-0.15, -0.1) is 0 Å². The van der Waals surface area contributed by atoms with Crippen molar-refractivity contribution in [2.75, 3.05) is 19.6 Å². The fourth-order valence-corrected chi connectivity index (χ4v) is 6.63. The first kappa shape index (κ1) is 19.7. The number of likely N-dealkylation sites (tertiary alicyclic amines) is 1. The second-order valence-corrected chi connectivity index (χ2v) is 9.80. The van der Waals surface area contributed by atoms with Crippen molar-refractivity contribution in [1.29, 1.82) is 0 Å². The van der Waals surface area contributed by atoms with Crippen LogP contribution in [-0.4, -0.2) is 36.6 Å². The first-order valence-electron chi connectivity index (χ1n) is 11.6. The summed E-state index contributed by atoms with van der Waals surface area (Å²) in [6.07, 6.45) is 18.8. The number of nitrogens with one attached hydrogen (secondary N) is 1. The molecule has 25 heavy (non-hydrogen) atoms. The van der Waals surface area contributed by atoms with Crippen molar-refractivity contribution in [1.82, 2.24) is 10.2 Å². The van der Waals surface area contributed by atoms with Crippen molar-refractivity contribution in [3.63, 3.8) is 0 Å². The van der Waals surface area contributed by atoms with Crippen LogP contribution in [0.4, 0.5) is 0 Å². The fraction of sp³-hybridized carbons (Fsp3) is 1.00. The maximum Gasteiger partial charge on any atom is 0.0139 e. The van der Waals surface area contributed by atoms with Crippen LogP contribution >= 0.6 is 0 Å². The molecule has 3 aliphatic rings. The van der Waals surface area contributed by atoms with Gasteiger partial charge in [0.2, 0.25) is 0 Å². The molecule has 1 aliphatic carbocycles. The SMILES string of the molecule is CCCC1(CCC)CCC2(CCNC2CC(C)N2CCCCC2)CC1. The Bertz CT molecular complexity index is 383. The molecule has 2 heteroatoms. The largest absolute Gasteiger partial charge is 0.313 e. The lowest BCUT2D eigenvalue weighted by molar-refractivity contribution is 0.0404. The smallest absolute Gasteiger partial charge is 0.0139 e. The molecule has 2 atom stereocenters. The van der Waals surface area contributed by atoms with E-state index in [0.717, 1.165) is 12.1 Å². The van der Waals surface area contributed by atoms with Crippen LogP contribution < -0.4 is 5.32 Å². The van der Waals surface area contributed by atoms with Crippen LogP contribution in [0.2, 0.25) is 0 Å². The van der Waals surface area contributed by atoms with Gasteiger partial charge in [-0.05, 0) is 102 Å². The van der Waals surface area contributed by atoms with Crippen LogP contribution in [-0.2, 0) is 0 Å². The van der Waals surface area contributed by atoms with E-state index in [4.69, 9.17) is 0 Å². The van der Waals surface area contributed by atoms with E-state index >= 15 is 0 Å². The molecular weight excluding hydrogens is 304 g/mol. The molecular formula is C23H44N2. The predicted octanol–water partition coefficient (Wildman–Crippen LogP) is 5.76. The highest BCUT2D eigenvalue weighted by Crippen LogP contribution is 2.54. The summed E-state index contributed by atoms with van der Waals surface area (Å²) in [6, 6.07) is 1.55. The molecule has 0 bridgehead atoms. The normalized spacial score (nSPS) is 30.6. The van der Waals surface area contributed by atoms with Gasteiger partial charge in [-0.25, -0.2) is 0 Å². The summed E-state index contributed by atoms with van der Waals surface area (Å²) >= 11 is 0. The Balaban J connectivity index is 1.59. The standard InChI is InChI=1S/C23H44N2/c1-4-9-22(10-5-2)11-13-23(14-12-22)15-16-24-21(23)19-20(3)25-17-7-6-8-18-25/h20-21,24H,4-19H2,1-3H3. The van der Waals surface area contributed by atoms with Gasteiger partial charge in [0.15, 0.2) is 0 Å². The van der Waals surface area contributed by atoms with Crippen LogP contribution in [0.15, 0.2) is 0 Å². The lowest BCUT2D eigenvalue weighted by Gasteiger charge is -2.48. The average molecular weight is 349 g/mol. The number of nitrogens with zero attached hydrogens (tertiary/aromatic N) is 1. The second-order valence-electron chi connectivity index (χ2n) is 9.80. The molecule has 0 radical (unpaired) electrons. The monoisotopic (exact) mass is 348 g/mol. The third kappa shape index (κ3) is 4.43. The van der Waals surface area contributed by atoms with Crippen molar-refractivity contribution < 1.29 is 0 Å². The average Bonchev–Trinajstić information content (AvgIpc) is 3.01. The molecule has 2 saturated heterocycles. The summed E-state index contributed by atoms with van der Waals surface area (Å²) < 4.78 is 0. The van der Waals surface area contributed by atoms with Gasteiger partial charge in [-0.2, -0.15) is 0 Å². The van der Waals surface area contributed by atoms with Gasteiger partial charge in [0.05, 0.1) is 0 Å². The lowest BCUT2D eigenvalue weighted by atomic mass is 9.58. The third-order valence-electron chi connectivity index (χ3n) is 8.21. The van der Waals surface area contributed by atoms with Gasteiger partial charge in [0.25, 0.3) is 0 Å². The highest BCUT2D eigenvalue weighted by molar-refractivity contribution is 5.03. The van der Waals surface area contributed by atoms with Crippen molar-refractivity contribution in [3.05, 3.63) is 0 Å². The Morgan fingerprint density at radius 3 is 2.16 bits per heavy atom. The summed E-state index contributed by atoms with van der Waals surface area (Å²) in [4.78, 5) is 2.78. The van der Waals surface area contributed by atoms with Crippen LogP contribution in [0.3, 0.4) is 0 Å². The topological polar surface area (TPSA) is 15.3 Å². The van der Waals surface area contributed by atoms with Crippen molar-refractivity contribution in [2.24, 2.45) is 10.8 Å². The predicted molar refractivity (Wildman–Crippen MR) is 109 cm³/mol. The maximum absolute atomic E-state index is 3.95. The first-order valence-corrected chi connectivity index (χ1v) is 11.6. The number of hydrogen-bond acceptors (Lipinski definition) is 2. The van der Waals surface area contributed by atoms with Crippen LogP contribution in [0.1, 0.15) is 104 Å². The Kier molecular flexibility index (Phi) is 6.88. The van der Waals surface area contributed by atoms with E-state index in [1.165, 1.54) is 103 Å². The van der Waals surface area contributed by atoms with E-state index < -0.39 is 0 Å². The molecule has 3 rings (SSSR count). The van der Waals surface area contributed by atoms with E-state index in [1.54, 1.807) is 0 Å². The zero-order chi connectivity index (χ0) is 17.8. The Hall–Kier alpha value is -0.0800. The Morgan fingerprint density at radius 1 is 0.920 bits per heavy atom. The number of rotatable bonds is 7. The van der Waals surface area contributed by atoms with Gasteiger partial charge >= 0.3 is 0 Å². The second kappa shape index (κ2) is 8.74. The fourth-order valence-electron chi connectivity index (χ4n) is 6.63. The number of piperidine rings is 1. The highest BCUT2D eigenvalue weighted by atomic mass is 15.2. The van der Waals surface area contributed by atoms with Crippen LogP contribution in [0, 0.1) is 10.8 Å². The molecule has 2 heterocycles. The minimum atomic E-state index is 0.634. The quantitative estimate of drug-likeness (QED) is 0.629. The van der Waals surface area contributed by atoms with Crippen LogP contribution in [0.25, 0.3) is 0 Å². The molecule has 0 amide bonds. The summed E-state index contributed by atoms with van der Waals surface area (Å²) in [7, 11) is 0. The van der Waals surface area contributed by atoms with E-state index in [0.29, 0.717) is 10.8 Å². The van der Waals surface area contributed by atoms with Gasteiger partial charge < -0.3 is 10.2 Å². The van der Waals surface area contributed by atoms with Gasteiger partial charge in [-0.1, -0.05) is 33.1 Å². The highest BCUT2D eigenvalue weighted by Gasteiger charge is 2.48. The molecule has 2 unspecified atom stereocenters. The minimum Gasteiger partial charge on any atom is -0.313 e. The molecule has 146 valence electrons. The van der Waals surface area contributed by atoms with Crippen LogP contribution in [0.5, 0.6) is 0 Å². The molecule has 0 aromatic heterocycles. The zero-order valence-electron chi connectivity index (χ0n) is 17.4. The summed E-state index contributed by atoms with van der Waals surface area (Å²) in [5, 5.41) is 3.95. The molecule has 0 aromatic carbocycles. The summed E-state index contributed by atoms with van der Waals surface area (Å²) in [6.45, 7) is 11.2. The molecule has 1 N–H and O–H groups in total. The van der Waals surface area contributed by atoms with E-state index in [9.17, 15) is 0 Å². The van der Waals surface area contributed by atoms with E-state index in [-0.39, 0.29) is 0 Å². The Labute approximate surface area is 157 Å². The van der Waals surface area contributed by atoms with Crippen molar-refractivity contribution >= 4 is 0 Å². The van der Waals surface area contributed by atoms with Gasteiger partial charge in [0, 0.05) is 12.1 Å². The minimum absolute atomic E-state index is 0.634. The Morgan fingerprint density at radius 2 is 1.56 bits per heavy atom. The lowest BCUT2D eigenvalue weighted by Crippen LogP contribution is -2.47. The molecule has 2 nitrogen and oxygen atoms in total. The maximum atomic E-state index is 3.95. The molecule has 1 saturated carbocycles. The molecule has 3 fully saturated rings. The van der Waals surface area contributed by atoms with E-state index in [2.05, 4.69) is 31.0 Å².